The van der Waals surface area contributed by atoms with Crippen molar-refractivity contribution in [3.05, 3.63) is 0 Å². The van der Waals surface area contributed by atoms with E-state index in [2.05, 4.69) is 6.92 Å². The van der Waals surface area contributed by atoms with Crippen LogP contribution in [0.2, 0.25) is 0 Å². The summed E-state index contributed by atoms with van der Waals surface area (Å²) in [6.07, 6.45) is 17.9. The number of alkyl halides is 1. The molecular weight excluding hydrogens is 296 g/mol. The van der Waals surface area contributed by atoms with Gasteiger partial charge in [-0.2, -0.15) is 0 Å². The van der Waals surface area contributed by atoms with E-state index in [1.165, 1.54) is 57.8 Å². The molecule has 0 bridgehead atoms. The van der Waals surface area contributed by atoms with Gasteiger partial charge >= 0.3 is 5.97 Å². The first-order valence-corrected chi connectivity index (χ1v) is 10.1. The van der Waals surface area contributed by atoms with Crippen molar-refractivity contribution >= 4 is 17.6 Å². The summed E-state index contributed by atoms with van der Waals surface area (Å²) in [6, 6.07) is 0. The average Bonchev–Trinajstić information content (AvgIpc) is 2.52. The van der Waals surface area contributed by atoms with Crippen LogP contribution in [0, 0.1) is 0 Å². The molecule has 3 heteroatoms. The summed E-state index contributed by atoms with van der Waals surface area (Å²) < 4.78 is 5.23. The lowest BCUT2D eigenvalue weighted by Gasteiger charge is -2.05. The van der Waals surface area contributed by atoms with Gasteiger partial charge in [0, 0.05) is 12.3 Å². The van der Waals surface area contributed by atoms with Crippen LogP contribution < -0.4 is 0 Å². The van der Waals surface area contributed by atoms with Crippen LogP contribution in [0.15, 0.2) is 0 Å². The Morgan fingerprint density at radius 3 is 1.82 bits per heavy atom. The lowest BCUT2D eigenvalue weighted by atomic mass is 10.1. The molecule has 2 nitrogen and oxygen atoms in total. The minimum atomic E-state index is -0.0168. The number of rotatable bonds is 17. The Kier molecular flexibility index (Phi) is 18.6. The van der Waals surface area contributed by atoms with Gasteiger partial charge < -0.3 is 4.74 Å². The first kappa shape index (κ1) is 21.8. The Morgan fingerprint density at radius 2 is 1.23 bits per heavy atom. The second kappa shape index (κ2) is 18.8. The topological polar surface area (TPSA) is 26.3 Å². The Hall–Kier alpha value is -0.240. The number of esters is 1. The van der Waals surface area contributed by atoms with Crippen molar-refractivity contribution in [2.45, 2.75) is 103 Å². The first-order valence-electron chi connectivity index (χ1n) is 9.52. The van der Waals surface area contributed by atoms with Crippen molar-refractivity contribution in [1.82, 2.24) is 0 Å². The first-order chi connectivity index (χ1) is 10.8. The van der Waals surface area contributed by atoms with Crippen LogP contribution in [0.4, 0.5) is 0 Å². The molecule has 0 aromatic carbocycles. The maximum atomic E-state index is 11.5. The predicted molar refractivity (Wildman–Crippen MR) is 96.6 cm³/mol. The van der Waals surface area contributed by atoms with Gasteiger partial charge in [-0.25, -0.2) is 0 Å². The molecule has 0 amide bonds. The van der Waals surface area contributed by atoms with Crippen molar-refractivity contribution in [1.29, 1.82) is 0 Å². The normalized spacial score (nSPS) is 10.8. The molecule has 0 rings (SSSR count). The number of hydrogen-bond donors (Lipinski definition) is 0. The highest BCUT2D eigenvalue weighted by Crippen LogP contribution is 2.11. The molecule has 0 aliphatic rings. The molecule has 132 valence electrons. The molecule has 0 atom stereocenters. The Labute approximate surface area is 143 Å². The summed E-state index contributed by atoms with van der Waals surface area (Å²) in [6.45, 7) is 2.84. The number of halogens is 1. The predicted octanol–water partition coefficient (Wildman–Crippen LogP) is 6.64. The van der Waals surface area contributed by atoms with E-state index < -0.39 is 0 Å². The van der Waals surface area contributed by atoms with Crippen molar-refractivity contribution in [2.24, 2.45) is 0 Å². The molecule has 0 N–H and O–H groups in total. The maximum Gasteiger partial charge on any atom is 0.305 e. The van der Waals surface area contributed by atoms with Crippen LogP contribution in [0.25, 0.3) is 0 Å². The molecule has 0 radical (unpaired) electrons. The summed E-state index contributed by atoms with van der Waals surface area (Å²) in [4.78, 5) is 11.5. The lowest BCUT2D eigenvalue weighted by Crippen LogP contribution is -2.05. The molecule has 0 aliphatic carbocycles. The van der Waals surface area contributed by atoms with Crippen LogP contribution in [-0.4, -0.2) is 18.5 Å². The van der Waals surface area contributed by atoms with Crippen LogP contribution in [0.3, 0.4) is 0 Å². The third-order valence-electron chi connectivity index (χ3n) is 4.03. The fourth-order valence-electron chi connectivity index (χ4n) is 2.57. The summed E-state index contributed by atoms with van der Waals surface area (Å²) in [5, 5.41) is 0. The minimum Gasteiger partial charge on any atom is -0.466 e. The van der Waals surface area contributed by atoms with Crippen LogP contribution >= 0.6 is 11.6 Å². The zero-order chi connectivity index (χ0) is 16.3. The van der Waals surface area contributed by atoms with Gasteiger partial charge in [0.1, 0.15) is 0 Å². The molecule has 0 aromatic rings. The highest BCUT2D eigenvalue weighted by atomic mass is 35.5. The van der Waals surface area contributed by atoms with Crippen molar-refractivity contribution in [3.8, 4) is 0 Å². The Balaban J connectivity index is 3.12. The Bertz CT molecular complexity index is 231. The van der Waals surface area contributed by atoms with Gasteiger partial charge in [0.25, 0.3) is 0 Å². The lowest BCUT2D eigenvalue weighted by molar-refractivity contribution is -0.143. The molecule has 0 aromatic heterocycles. The number of carbonyl (C=O) groups excluding carboxylic acids is 1. The average molecular weight is 333 g/mol. The van der Waals surface area contributed by atoms with E-state index in [9.17, 15) is 4.79 Å². The van der Waals surface area contributed by atoms with Crippen LogP contribution in [-0.2, 0) is 9.53 Å². The second-order valence-corrected chi connectivity index (χ2v) is 6.63. The van der Waals surface area contributed by atoms with Gasteiger partial charge in [-0.15, -0.1) is 11.6 Å². The van der Waals surface area contributed by atoms with E-state index in [4.69, 9.17) is 16.3 Å². The zero-order valence-corrected chi connectivity index (χ0v) is 15.5. The van der Waals surface area contributed by atoms with E-state index in [-0.39, 0.29) is 5.97 Å². The van der Waals surface area contributed by atoms with E-state index in [0.717, 1.165) is 38.0 Å². The van der Waals surface area contributed by atoms with E-state index in [0.29, 0.717) is 13.0 Å². The fraction of sp³-hybridized carbons (Fsp3) is 0.947. The summed E-state index contributed by atoms with van der Waals surface area (Å²) in [7, 11) is 0. The Morgan fingerprint density at radius 1 is 0.727 bits per heavy atom. The second-order valence-electron chi connectivity index (χ2n) is 6.26. The van der Waals surface area contributed by atoms with Crippen LogP contribution in [0.1, 0.15) is 103 Å². The fourth-order valence-corrected chi connectivity index (χ4v) is 2.75. The van der Waals surface area contributed by atoms with Crippen LogP contribution in [0.5, 0.6) is 0 Å². The van der Waals surface area contributed by atoms with E-state index in [1.54, 1.807) is 0 Å². The van der Waals surface area contributed by atoms with Gasteiger partial charge in [0.15, 0.2) is 0 Å². The molecular formula is C19H37ClO2. The van der Waals surface area contributed by atoms with E-state index in [1.807, 2.05) is 0 Å². The number of ether oxygens (including phenoxy) is 1. The molecule has 0 aliphatic heterocycles. The van der Waals surface area contributed by atoms with E-state index >= 15 is 0 Å². The minimum absolute atomic E-state index is 0.0168. The molecule has 0 unspecified atom stereocenters. The third kappa shape index (κ3) is 17.8. The number of unbranched alkanes of at least 4 members (excludes halogenated alkanes) is 12. The van der Waals surface area contributed by atoms with Gasteiger partial charge in [-0.05, 0) is 19.3 Å². The summed E-state index contributed by atoms with van der Waals surface area (Å²) in [5.41, 5.74) is 0. The highest BCUT2D eigenvalue weighted by molar-refractivity contribution is 6.17. The highest BCUT2D eigenvalue weighted by Gasteiger charge is 2.02. The molecule has 22 heavy (non-hydrogen) atoms. The molecule has 0 fully saturated rings. The van der Waals surface area contributed by atoms with Crippen molar-refractivity contribution < 1.29 is 9.53 Å². The summed E-state index contributed by atoms with van der Waals surface area (Å²) >= 11 is 5.61. The SMILES string of the molecule is CCCCCCCCCCCCC(=O)OCCCCCCCl. The third-order valence-corrected chi connectivity index (χ3v) is 4.29. The monoisotopic (exact) mass is 332 g/mol. The summed E-state index contributed by atoms with van der Waals surface area (Å²) in [5.74, 6) is 0.718. The quantitative estimate of drug-likeness (QED) is 0.169. The number of carbonyl (C=O) groups is 1. The van der Waals surface area contributed by atoms with Gasteiger partial charge in [0.2, 0.25) is 0 Å². The smallest absolute Gasteiger partial charge is 0.305 e. The van der Waals surface area contributed by atoms with Gasteiger partial charge in [-0.3, -0.25) is 4.79 Å². The van der Waals surface area contributed by atoms with Crippen molar-refractivity contribution in [3.63, 3.8) is 0 Å². The standard InChI is InChI=1S/C19H37ClO2/c1-2-3-4-5-6-7-8-9-10-13-16-19(21)22-18-15-12-11-14-17-20/h2-18H2,1H3. The van der Waals surface area contributed by atoms with Gasteiger partial charge in [0.05, 0.1) is 6.61 Å². The molecule has 0 saturated heterocycles. The van der Waals surface area contributed by atoms with Gasteiger partial charge in [-0.1, -0.05) is 77.6 Å². The molecule has 0 saturated carbocycles. The maximum absolute atomic E-state index is 11.5. The number of hydrogen-bond acceptors (Lipinski definition) is 2. The molecule has 0 spiro atoms. The largest absolute Gasteiger partial charge is 0.466 e. The molecule has 0 heterocycles. The zero-order valence-electron chi connectivity index (χ0n) is 14.7. The van der Waals surface area contributed by atoms with Crippen molar-refractivity contribution in [2.75, 3.05) is 12.5 Å².